The van der Waals surface area contributed by atoms with Gasteiger partial charge in [0, 0.05) is 47.8 Å². The van der Waals surface area contributed by atoms with Gasteiger partial charge in [0.25, 0.3) is 0 Å². The Morgan fingerprint density at radius 3 is 0.255 bits per heavy atom. The average Bonchev–Trinajstić information content (AvgIpc) is 3.88. The quantitative estimate of drug-likeness (QED) is 0.217. The van der Waals surface area contributed by atoms with Crippen molar-refractivity contribution in [3.63, 3.8) is 0 Å². The van der Waals surface area contributed by atoms with Gasteiger partial charge in [0.15, 0.2) is 0 Å². The molecule has 0 aliphatic heterocycles. The summed E-state index contributed by atoms with van der Waals surface area (Å²) >= 11 is 0. The Balaban J connectivity index is -0.00000000506. The molecule has 0 nitrogen and oxygen atoms in total. The molecule has 4 saturated carbocycles. The van der Waals surface area contributed by atoms with Crippen molar-refractivity contribution in [2.75, 3.05) is 0 Å². The monoisotopic (exact) mass is 747 g/mol. The summed E-state index contributed by atoms with van der Waals surface area (Å²) in [6.07, 6.45) is 18.0. The fraction of sp³-hybridized carbons (Fsp3) is 1.00. The highest BCUT2D eigenvalue weighted by molar-refractivity contribution is 7.17. The van der Waals surface area contributed by atoms with Gasteiger partial charge >= 0.3 is 0 Å². The van der Waals surface area contributed by atoms with Gasteiger partial charge in [-0.05, 0) is 0 Å². The van der Waals surface area contributed by atoms with Crippen LogP contribution in [-0.2, 0) is 0 Å². The third kappa shape index (κ3) is 6120. The van der Waals surface area contributed by atoms with Gasteiger partial charge in [0.1, 0.15) is 0 Å². The second-order valence-corrected chi connectivity index (χ2v) is 4.44. The van der Waals surface area contributed by atoms with E-state index in [1.165, 1.54) is 77.0 Å². The molecule has 0 N–H and O–H groups in total. The molecule has 336 valence electrons. The molecule has 0 aromatic rings. The molecule has 4 aliphatic carbocycles. The van der Waals surface area contributed by atoms with Gasteiger partial charge in [0.2, 0.25) is 0 Å². The molecule has 4 rings (SSSR count). The van der Waals surface area contributed by atoms with E-state index in [-0.39, 0.29) is 106 Å². The van der Waals surface area contributed by atoms with Crippen LogP contribution in [0, 0.1) is 0 Å². The molecule has 0 spiro atoms. The molecule has 0 aromatic heterocycles. The zero-order chi connectivity index (χ0) is 33.2. The van der Waals surface area contributed by atoms with Crippen molar-refractivity contribution >= 4 is 46.4 Å². The minimum Gasteiger partial charge on any atom is -0.0776 e. The summed E-state index contributed by atoms with van der Waals surface area (Å²) in [6.45, 7) is 40.0. The second-order valence-electron chi connectivity index (χ2n) is 4.44. The fourth-order valence-electron chi connectivity index (χ4n) is 0. The van der Waals surface area contributed by atoms with Crippen molar-refractivity contribution in [3.8, 4) is 0 Å². The summed E-state index contributed by atoms with van der Waals surface area (Å²) in [7, 11) is 18.0. The maximum Gasteiger partial charge on any atom is 0 e. The van der Waals surface area contributed by atoms with E-state index >= 15 is 0 Å². The first-order valence-corrected chi connectivity index (χ1v) is 17.0. The Morgan fingerprint density at radius 1 is 0.235 bits per heavy atom. The normalized spacial score (nSPS) is 7.14. The van der Waals surface area contributed by atoms with Crippen LogP contribution in [0.5, 0.6) is 0 Å². The van der Waals surface area contributed by atoms with E-state index in [2.05, 4.69) is 30.9 Å². The number of hydrogen-bond acceptors (Lipinski definition) is 0. The Kier molecular flexibility index (Phi) is 2720. The van der Waals surface area contributed by atoms with Crippen LogP contribution in [0.25, 0.3) is 0 Å². The third-order valence-electron chi connectivity index (χ3n) is 1.41. The average molecular weight is 746 g/mol. The Morgan fingerprint density at radius 2 is 0.255 bits per heavy atom. The largest absolute Gasteiger partial charge is 0.0776 e. The third-order valence-corrected chi connectivity index (χ3v) is 1.41. The Labute approximate surface area is 358 Å². The van der Waals surface area contributed by atoms with Crippen molar-refractivity contribution < 1.29 is 1.43 Å². The van der Waals surface area contributed by atoms with E-state index in [0.717, 1.165) is 7.06 Å². The number of rotatable bonds is 0. The molecular formula is C45H138B6. The first-order chi connectivity index (χ1) is 18.4. The van der Waals surface area contributed by atoms with Crippen LogP contribution in [0.15, 0.2) is 0 Å². The minimum atomic E-state index is 0. The SMILES string of the molecule is C.C.C.C.C.C.C.C.C.C.C.C.C.C1CC1.C1CC1.C1CC1.C1CC1.CC.CC.CC.CC.CC.CC.CC.CC.CC.CC.[3HH].[B].[B][B].[B][B][B]. The van der Waals surface area contributed by atoms with E-state index in [0.29, 0.717) is 0 Å². The van der Waals surface area contributed by atoms with Crippen molar-refractivity contribution in [1.82, 2.24) is 0 Å². The van der Waals surface area contributed by atoms with Crippen molar-refractivity contribution in [2.45, 2.75) is 312 Å². The van der Waals surface area contributed by atoms with Gasteiger partial charge in [-0.2, -0.15) is 0 Å². The summed E-state index contributed by atoms with van der Waals surface area (Å²) in [5.41, 5.74) is 0. The van der Waals surface area contributed by atoms with Gasteiger partial charge in [-0.15, -0.1) is 0 Å². The van der Waals surface area contributed by atoms with Gasteiger partial charge in [0.05, 0.1) is 0 Å². The van der Waals surface area contributed by atoms with Gasteiger partial charge in [-0.1, -0.05) is 312 Å². The van der Waals surface area contributed by atoms with Crippen LogP contribution in [0.1, 0.15) is 313 Å². The predicted molar refractivity (Wildman–Crippen MR) is 293 cm³/mol. The lowest BCUT2D eigenvalue weighted by Gasteiger charge is -1.41. The minimum absolute atomic E-state index is 0. The molecule has 51 heavy (non-hydrogen) atoms. The van der Waals surface area contributed by atoms with E-state index in [1.807, 2.05) is 138 Å². The summed E-state index contributed by atoms with van der Waals surface area (Å²) < 4.78 is 0. The highest BCUT2D eigenvalue weighted by Crippen LogP contribution is 2.15. The van der Waals surface area contributed by atoms with Crippen LogP contribution in [0.4, 0.5) is 0 Å². The maximum atomic E-state index is 4.50. The van der Waals surface area contributed by atoms with Crippen LogP contribution < -0.4 is 0 Å². The van der Waals surface area contributed by atoms with Gasteiger partial charge < -0.3 is 0 Å². The molecule has 0 saturated heterocycles. The molecular weight excluding hydrogens is 605 g/mol. The van der Waals surface area contributed by atoms with Crippen molar-refractivity contribution in [2.24, 2.45) is 0 Å². The molecule has 0 atom stereocenters. The highest BCUT2D eigenvalue weighted by atomic mass is 14.0. The zero-order valence-corrected chi connectivity index (χ0v) is 31.9. The zero-order valence-electron chi connectivity index (χ0n) is 31.9. The van der Waals surface area contributed by atoms with Crippen molar-refractivity contribution in [3.05, 3.63) is 0 Å². The lowest BCUT2D eigenvalue weighted by molar-refractivity contribution is 1.50. The molecule has 0 aromatic carbocycles. The molecule has 4 fully saturated rings. The van der Waals surface area contributed by atoms with E-state index in [9.17, 15) is 0 Å². The highest BCUT2D eigenvalue weighted by Gasteiger charge is 1.96. The van der Waals surface area contributed by atoms with Crippen LogP contribution in [0.3, 0.4) is 0 Å². The second kappa shape index (κ2) is 686. The first-order valence-electron chi connectivity index (χ1n) is 17.0. The summed E-state index contributed by atoms with van der Waals surface area (Å²) in [5, 5.41) is 0. The van der Waals surface area contributed by atoms with E-state index < -0.39 is 0 Å². The van der Waals surface area contributed by atoms with Gasteiger partial charge in [-0.25, -0.2) is 0 Å². The first kappa shape index (κ1) is 202. The summed E-state index contributed by atoms with van der Waals surface area (Å²) in [4.78, 5) is 0. The van der Waals surface area contributed by atoms with Crippen LogP contribution in [-0.4, -0.2) is 46.4 Å². The predicted octanol–water partition coefficient (Wildman–Crippen LogP) is 21.2. The molecule has 6 heteroatoms. The van der Waals surface area contributed by atoms with E-state index in [1.54, 1.807) is 0 Å². The lowest BCUT2D eigenvalue weighted by atomic mass is 9.40. The topological polar surface area (TPSA) is 0 Å². The Bertz CT molecular complexity index is 87.0. The molecule has 0 heterocycles. The maximum absolute atomic E-state index is 4.50. The molecule has 0 amide bonds. The standard InChI is InChI=1S/4C3H6.10C2H6.13CH4.B3.B2.B.H2/c4*1-2-3-1;10*1-2;;;;;;;;;;;;;;1-3-2;1-2;;/h4*1-3H2;10*1-2H3;13*1H4;;;;1H/i;;;;;;;;;;;;;;;;;;;;;;;;;;;;;;1+2. The van der Waals surface area contributed by atoms with Crippen LogP contribution >= 0.6 is 0 Å². The van der Waals surface area contributed by atoms with Crippen LogP contribution in [0.2, 0.25) is 0 Å². The lowest BCUT2D eigenvalue weighted by Crippen LogP contribution is -1.79. The summed E-state index contributed by atoms with van der Waals surface area (Å²) in [5.74, 6) is 0. The molecule has 0 bridgehead atoms. The molecule has 12 radical (unpaired) electrons. The number of hydrogen-bond donors (Lipinski definition) is 0. The Hall–Kier alpha value is 0.390. The van der Waals surface area contributed by atoms with E-state index in [4.69, 9.17) is 0 Å². The molecule has 0 unspecified atom stereocenters. The van der Waals surface area contributed by atoms with Crippen molar-refractivity contribution in [1.29, 1.82) is 0 Å². The molecule has 4 aliphatic rings. The smallest absolute Gasteiger partial charge is 0 e. The summed E-state index contributed by atoms with van der Waals surface area (Å²) in [6, 6.07) is 0. The van der Waals surface area contributed by atoms with Gasteiger partial charge in [-0.3, -0.25) is 0 Å². The fourth-order valence-corrected chi connectivity index (χ4v) is 0.